The van der Waals surface area contributed by atoms with E-state index in [1.165, 1.54) is 11.3 Å². The number of aryl methyl sites for hydroxylation is 2. The van der Waals surface area contributed by atoms with Crippen molar-refractivity contribution in [3.63, 3.8) is 0 Å². The molecule has 0 bridgehead atoms. The highest BCUT2D eigenvalue weighted by atomic mass is 35.5. The van der Waals surface area contributed by atoms with Gasteiger partial charge >= 0.3 is 0 Å². The van der Waals surface area contributed by atoms with Gasteiger partial charge in [-0.2, -0.15) is 10.2 Å². The van der Waals surface area contributed by atoms with Gasteiger partial charge in [0.15, 0.2) is 9.84 Å². The zero-order chi connectivity index (χ0) is 22.6. The van der Waals surface area contributed by atoms with Gasteiger partial charge in [0.05, 0.1) is 44.5 Å². The summed E-state index contributed by atoms with van der Waals surface area (Å²) in [7, 11) is -3.07. The molecule has 1 N–H and O–H groups in total. The van der Waals surface area contributed by atoms with Gasteiger partial charge in [-0.3, -0.25) is 4.79 Å². The number of para-hydroxylation sites is 1. The van der Waals surface area contributed by atoms with Crippen LogP contribution in [0, 0.1) is 13.8 Å². The number of halogens is 1. The fourth-order valence-corrected chi connectivity index (χ4v) is 6.96. The molecular weight excluding hydrogens is 470 g/mol. The molecule has 8 nitrogen and oxygen atoms in total. The van der Waals surface area contributed by atoms with E-state index in [0.29, 0.717) is 27.8 Å². The quantitative estimate of drug-likeness (QED) is 0.464. The molecule has 32 heavy (non-hydrogen) atoms. The zero-order valence-electron chi connectivity index (χ0n) is 17.4. The number of aromatic nitrogens is 4. The van der Waals surface area contributed by atoms with Crippen molar-refractivity contribution < 1.29 is 13.2 Å². The molecule has 1 unspecified atom stereocenters. The molecule has 166 valence electrons. The molecule has 1 saturated heterocycles. The summed E-state index contributed by atoms with van der Waals surface area (Å²) in [5.41, 5.74) is 2.26. The first-order chi connectivity index (χ1) is 15.2. The Balaban J connectivity index is 1.47. The Morgan fingerprint density at radius 2 is 2.00 bits per heavy atom. The van der Waals surface area contributed by atoms with Crippen molar-refractivity contribution in [2.45, 2.75) is 26.3 Å². The number of carbonyl (C=O) groups excluding carboxylic acids is 1. The minimum atomic E-state index is -3.07. The smallest absolute Gasteiger partial charge is 0.266 e. The summed E-state index contributed by atoms with van der Waals surface area (Å²) in [6.45, 7) is 3.71. The van der Waals surface area contributed by atoms with Crippen molar-refractivity contribution in [3.05, 3.63) is 57.7 Å². The van der Waals surface area contributed by atoms with Crippen LogP contribution in [-0.4, -0.2) is 45.4 Å². The summed E-state index contributed by atoms with van der Waals surface area (Å²) < 4.78 is 27.2. The summed E-state index contributed by atoms with van der Waals surface area (Å²) in [6, 6.07) is 10.7. The topological polar surface area (TPSA) is 98.9 Å². The third-order valence-corrected chi connectivity index (χ3v) is 8.68. The van der Waals surface area contributed by atoms with Gasteiger partial charge in [-0.05, 0) is 38.5 Å². The number of nitrogens with one attached hydrogen (secondary N) is 1. The monoisotopic (exact) mass is 489 g/mol. The van der Waals surface area contributed by atoms with E-state index in [1.807, 2.05) is 38.1 Å². The van der Waals surface area contributed by atoms with Gasteiger partial charge in [0.2, 0.25) is 0 Å². The number of sulfone groups is 1. The summed E-state index contributed by atoms with van der Waals surface area (Å²) in [4.78, 5) is 14.4. The highest BCUT2D eigenvalue weighted by molar-refractivity contribution is 7.91. The summed E-state index contributed by atoms with van der Waals surface area (Å²) in [6.07, 6.45) is 0.488. The van der Waals surface area contributed by atoms with Crippen LogP contribution in [0.3, 0.4) is 0 Å². The number of anilines is 1. The van der Waals surface area contributed by atoms with Crippen molar-refractivity contribution in [2.75, 3.05) is 16.8 Å². The normalized spacial score (nSPS) is 17.8. The van der Waals surface area contributed by atoms with Gasteiger partial charge < -0.3 is 5.32 Å². The number of nitrogens with zero attached hydrogens (tertiary/aromatic N) is 4. The van der Waals surface area contributed by atoms with E-state index in [0.717, 1.165) is 21.6 Å². The molecule has 1 amide bonds. The predicted molar refractivity (Wildman–Crippen MR) is 126 cm³/mol. The second-order valence-electron chi connectivity index (χ2n) is 7.90. The van der Waals surface area contributed by atoms with E-state index in [2.05, 4.69) is 15.5 Å². The molecule has 5 rings (SSSR count). The maximum Gasteiger partial charge on any atom is 0.266 e. The number of fused-ring (bicyclic) bond motifs is 1. The average Bonchev–Trinajstić information content (AvgIpc) is 3.47. The minimum Gasteiger partial charge on any atom is -0.306 e. The van der Waals surface area contributed by atoms with Crippen LogP contribution < -0.4 is 5.32 Å². The Morgan fingerprint density at radius 1 is 1.22 bits per heavy atom. The fourth-order valence-electron chi connectivity index (χ4n) is 3.98. The number of hydrogen-bond acceptors (Lipinski definition) is 6. The van der Waals surface area contributed by atoms with E-state index < -0.39 is 9.84 Å². The summed E-state index contributed by atoms with van der Waals surface area (Å²) in [5.74, 6) is 0.389. The molecule has 1 atom stereocenters. The van der Waals surface area contributed by atoms with Crippen LogP contribution in [-0.2, 0) is 9.84 Å². The second kappa shape index (κ2) is 7.72. The van der Waals surface area contributed by atoms with Crippen LogP contribution in [0.1, 0.15) is 33.5 Å². The lowest BCUT2D eigenvalue weighted by Crippen LogP contribution is -2.19. The summed E-state index contributed by atoms with van der Waals surface area (Å²) in [5, 5.41) is 13.4. The fraction of sp³-hybridized carbons (Fsp3) is 0.286. The maximum atomic E-state index is 13.1. The van der Waals surface area contributed by atoms with Crippen LogP contribution in [0.5, 0.6) is 0 Å². The van der Waals surface area contributed by atoms with Crippen LogP contribution >= 0.6 is 22.9 Å². The highest BCUT2D eigenvalue weighted by Crippen LogP contribution is 2.33. The molecule has 1 aliphatic rings. The molecular formula is C21H20ClN5O3S2. The molecule has 0 saturated carbocycles. The largest absolute Gasteiger partial charge is 0.306 e. The van der Waals surface area contributed by atoms with Crippen molar-refractivity contribution in [3.8, 4) is 5.69 Å². The van der Waals surface area contributed by atoms with Crippen molar-refractivity contribution in [1.82, 2.24) is 19.6 Å². The molecule has 1 aromatic carbocycles. The van der Waals surface area contributed by atoms with Crippen molar-refractivity contribution in [2.24, 2.45) is 0 Å². The number of carbonyl (C=O) groups is 1. The van der Waals surface area contributed by atoms with E-state index in [9.17, 15) is 13.2 Å². The molecule has 0 radical (unpaired) electrons. The Labute approximate surface area is 193 Å². The van der Waals surface area contributed by atoms with Gasteiger partial charge in [-0.25, -0.2) is 17.8 Å². The van der Waals surface area contributed by atoms with E-state index in [-0.39, 0.29) is 23.5 Å². The maximum absolute atomic E-state index is 13.1. The molecule has 3 aromatic heterocycles. The number of thiophene rings is 1. The van der Waals surface area contributed by atoms with Crippen molar-refractivity contribution >= 4 is 54.7 Å². The van der Waals surface area contributed by atoms with Gasteiger partial charge in [-0.1, -0.05) is 23.7 Å². The molecule has 4 heterocycles. The SMILES string of the molecule is Cc1cc(NC(=O)c2cc3c(C)nn(-c4ccccc4Cl)c3s2)n(C2CCS(=O)(=O)C2)n1. The Morgan fingerprint density at radius 3 is 2.72 bits per heavy atom. The number of benzene rings is 1. The Hall–Kier alpha value is -2.69. The standard InChI is InChI=1S/C21H20ClN5O3S2/c1-12-9-19(26(24-12)14-7-8-32(29,30)11-14)23-20(28)18-10-15-13(2)25-27(21(15)31-18)17-6-4-3-5-16(17)22/h3-6,9-10,14H,7-8,11H2,1-2H3,(H,23,28). The van der Waals surface area contributed by atoms with Gasteiger partial charge in [0, 0.05) is 11.5 Å². The highest BCUT2D eigenvalue weighted by Gasteiger charge is 2.31. The molecule has 4 aromatic rings. The van der Waals surface area contributed by atoms with Crippen LogP contribution in [0.2, 0.25) is 5.02 Å². The zero-order valence-corrected chi connectivity index (χ0v) is 19.8. The van der Waals surface area contributed by atoms with Gasteiger partial charge in [-0.15, -0.1) is 11.3 Å². The van der Waals surface area contributed by atoms with E-state index in [1.54, 1.807) is 21.5 Å². The predicted octanol–water partition coefficient (Wildman–Crippen LogP) is 4.17. The van der Waals surface area contributed by atoms with Gasteiger partial charge in [0.1, 0.15) is 10.6 Å². The third-order valence-electron chi connectivity index (χ3n) is 5.50. The van der Waals surface area contributed by atoms with Gasteiger partial charge in [0.25, 0.3) is 5.91 Å². The van der Waals surface area contributed by atoms with E-state index >= 15 is 0 Å². The average molecular weight is 490 g/mol. The second-order valence-corrected chi connectivity index (χ2v) is 11.6. The molecule has 1 aliphatic heterocycles. The lowest BCUT2D eigenvalue weighted by atomic mass is 10.2. The van der Waals surface area contributed by atoms with Crippen LogP contribution in [0.15, 0.2) is 36.4 Å². The molecule has 1 fully saturated rings. The number of rotatable bonds is 4. The minimum absolute atomic E-state index is 0.0345. The first-order valence-electron chi connectivity index (χ1n) is 10.0. The lowest BCUT2D eigenvalue weighted by Gasteiger charge is -2.13. The van der Waals surface area contributed by atoms with Crippen LogP contribution in [0.25, 0.3) is 15.9 Å². The molecule has 0 spiro atoms. The van der Waals surface area contributed by atoms with Crippen LogP contribution in [0.4, 0.5) is 5.82 Å². The molecule has 0 aliphatic carbocycles. The number of hydrogen-bond donors (Lipinski definition) is 1. The molecule has 11 heteroatoms. The first-order valence-corrected chi connectivity index (χ1v) is 13.1. The van der Waals surface area contributed by atoms with Crippen molar-refractivity contribution in [1.29, 1.82) is 0 Å². The number of amides is 1. The Bertz CT molecular complexity index is 1470. The van der Waals surface area contributed by atoms with E-state index in [4.69, 9.17) is 11.6 Å². The first kappa shape index (κ1) is 21.2. The lowest BCUT2D eigenvalue weighted by molar-refractivity contribution is 0.102. The summed E-state index contributed by atoms with van der Waals surface area (Å²) >= 11 is 7.68. The Kier molecular flexibility index (Phi) is 5.11. The third kappa shape index (κ3) is 3.72.